The third-order valence-electron chi connectivity index (χ3n) is 4.85. The first-order valence-corrected chi connectivity index (χ1v) is 7.27. The Morgan fingerprint density at radius 1 is 1.14 bits per heavy atom. The van der Waals surface area contributed by atoms with E-state index < -0.39 is 16.9 Å². The first-order valence-electron chi connectivity index (χ1n) is 7.27. The standard InChI is InChI=1S/C14H23N3O4/c1-13(10(18)15-3)6-8-16(9-13)12(21)17-7-4-5-14(17,2)11(19)20/h4-9H2,1-3H3,(H,15,18)(H,19,20). The second-order valence-corrected chi connectivity index (χ2v) is 6.43. The van der Waals surface area contributed by atoms with Crippen molar-refractivity contribution in [1.29, 1.82) is 0 Å². The lowest BCUT2D eigenvalue weighted by Crippen LogP contribution is -2.55. The van der Waals surface area contributed by atoms with Crippen LogP contribution in [-0.2, 0) is 9.59 Å². The molecule has 3 amide bonds. The fraction of sp³-hybridized carbons (Fsp3) is 0.786. The molecule has 2 N–H and O–H groups in total. The summed E-state index contributed by atoms with van der Waals surface area (Å²) >= 11 is 0. The van der Waals surface area contributed by atoms with Gasteiger partial charge in [-0.1, -0.05) is 0 Å². The molecule has 2 saturated heterocycles. The Labute approximate surface area is 124 Å². The molecule has 0 radical (unpaired) electrons. The zero-order valence-corrected chi connectivity index (χ0v) is 12.8. The summed E-state index contributed by atoms with van der Waals surface area (Å²) in [5.41, 5.74) is -1.73. The largest absolute Gasteiger partial charge is 0.480 e. The van der Waals surface area contributed by atoms with Gasteiger partial charge < -0.3 is 20.2 Å². The minimum absolute atomic E-state index is 0.0831. The van der Waals surface area contributed by atoms with Crippen LogP contribution in [0.1, 0.15) is 33.1 Å². The van der Waals surface area contributed by atoms with Crippen molar-refractivity contribution in [3.05, 3.63) is 0 Å². The van der Waals surface area contributed by atoms with E-state index in [4.69, 9.17) is 0 Å². The van der Waals surface area contributed by atoms with Gasteiger partial charge in [0.1, 0.15) is 5.54 Å². The van der Waals surface area contributed by atoms with Gasteiger partial charge in [-0.05, 0) is 33.1 Å². The molecule has 7 nitrogen and oxygen atoms in total. The topological polar surface area (TPSA) is 90.0 Å². The zero-order chi connectivity index (χ0) is 15.8. The smallest absolute Gasteiger partial charge is 0.329 e. The van der Waals surface area contributed by atoms with Crippen LogP contribution in [0.5, 0.6) is 0 Å². The van der Waals surface area contributed by atoms with Crippen LogP contribution in [-0.4, -0.2) is 65.0 Å². The van der Waals surface area contributed by atoms with Crippen LogP contribution in [0.3, 0.4) is 0 Å². The van der Waals surface area contributed by atoms with Crippen molar-refractivity contribution in [3.8, 4) is 0 Å². The van der Waals surface area contributed by atoms with Gasteiger partial charge in [-0.25, -0.2) is 9.59 Å². The van der Waals surface area contributed by atoms with E-state index in [-0.39, 0.29) is 11.9 Å². The number of nitrogens with zero attached hydrogens (tertiary/aromatic N) is 2. The number of rotatable bonds is 2. The number of aliphatic carboxylic acids is 1. The molecular formula is C14H23N3O4. The van der Waals surface area contributed by atoms with E-state index in [1.165, 1.54) is 4.90 Å². The Morgan fingerprint density at radius 3 is 2.38 bits per heavy atom. The highest BCUT2D eigenvalue weighted by molar-refractivity contribution is 5.88. The van der Waals surface area contributed by atoms with Crippen LogP contribution in [0.4, 0.5) is 4.79 Å². The molecule has 2 fully saturated rings. The Bertz CT molecular complexity index is 481. The Balaban J connectivity index is 2.12. The number of urea groups is 1. The average Bonchev–Trinajstić information content (AvgIpc) is 3.02. The van der Waals surface area contributed by atoms with Crippen molar-refractivity contribution in [1.82, 2.24) is 15.1 Å². The van der Waals surface area contributed by atoms with Crippen molar-refractivity contribution in [2.45, 2.75) is 38.6 Å². The Morgan fingerprint density at radius 2 is 1.81 bits per heavy atom. The predicted octanol–water partition coefficient (Wildman–Crippen LogP) is 0.504. The number of amides is 3. The number of hydrogen-bond donors (Lipinski definition) is 2. The van der Waals surface area contributed by atoms with Crippen molar-refractivity contribution in [2.75, 3.05) is 26.7 Å². The normalized spacial score (nSPS) is 32.3. The minimum atomic E-state index is -1.14. The number of carboxylic acid groups (broad SMARTS) is 1. The van der Waals surface area contributed by atoms with E-state index in [1.807, 2.05) is 6.92 Å². The lowest BCUT2D eigenvalue weighted by molar-refractivity contribution is -0.147. The van der Waals surface area contributed by atoms with Crippen LogP contribution in [0, 0.1) is 5.41 Å². The molecule has 21 heavy (non-hydrogen) atoms. The summed E-state index contributed by atoms with van der Waals surface area (Å²) in [5, 5.41) is 12.0. The molecular weight excluding hydrogens is 274 g/mol. The van der Waals surface area contributed by atoms with Gasteiger partial charge in [0.15, 0.2) is 0 Å². The molecule has 0 aromatic rings. The zero-order valence-electron chi connectivity index (χ0n) is 12.8. The molecule has 0 aromatic carbocycles. The molecule has 0 bridgehead atoms. The summed E-state index contributed by atoms with van der Waals surface area (Å²) in [6.45, 7) is 4.69. The third-order valence-corrected chi connectivity index (χ3v) is 4.85. The van der Waals surface area contributed by atoms with Crippen LogP contribution in [0.2, 0.25) is 0 Å². The van der Waals surface area contributed by atoms with Crippen molar-refractivity contribution >= 4 is 17.9 Å². The summed E-state index contributed by atoms with van der Waals surface area (Å²) in [6.07, 6.45) is 1.75. The van der Waals surface area contributed by atoms with Crippen LogP contribution >= 0.6 is 0 Å². The second-order valence-electron chi connectivity index (χ2n) is 6.43. The molecule has 118 valence electrons. The molecule has 7 heteroatoms. The molecule has 2 heterocycles. The molecule has 0 saturated carbocycles. The van der Waals surface area contributed by atoms with Crippen LogP contribution in [0.25, 0.3) is 0 Å². The van der Waals surface area contributed by atoms with E-state index in [0.29, 0.717) is 38.9 Å². The van der Waals surface area contributed by atoms with Gasteiger partial charge in [0, 0.05) is 26.7 Å². The Kier molecular flexibility index (Phi) is 3.86. The molecule has 2 aliphatic heterocycles. The van der Waals surface area contributed by atoms with Gasteiger partial charge in [0.2, 0.25) is 5.91 Å². The van der Waals surface area contributed by atoms with E-state index in [9.17, 15) is 19.5 Å². The fourth-order valence-corrected chi connectivity index (χ4v) is 3.27. The highest BCUT2D eigenvalue weighted by atomic mass is 16.4. The number of carbonyl (C=O) groups is 3. The second kappa shape index (κ2) is 5.20. The van der Waals surface area contributed by atoms with Gasteiger partial charge in [0.05, 0.1) is 5.41 Å². The van der Waals surface area contributed by atoms with Crippen molar-refractivity contribution in [2.24, 2.45) is 5.41 Å². The quantitative estimate of drug-likeness (QED) is 0.777. The first-order chi connectivity index (χ1) is 9.74. The fourth-order valence-electron chi connectivity index (χ4n) is 3.27. The number of hydrogen-bond acceptors (Lipinski definition) is 3. The molecule has 0 spiro atoms. The van der Waals surface area contributed by atoms with E-state index >= 15 is 0 Å². The first kappa shape index (κ1) is 15.6. The summed E-state index contributed by atoms with van der Waals surface area (Å²) in [5.74, 6) is -1.05. The van der Waals surface area contributed by atoms with E-state index in [1.54, 1.807) is 18.9 Å². The number of carboxylic acids is 1. The maximum Gasteiger partial charge on any atom is 0.329 e. The van der Waals surface area contributed by atoms with Gasteiger partial charge in [0.25, 0.3) is 0 Å². The molecule has 2 atom stereocenters. The highest BCUT2D eigenvalue weighted by Crippen LogP contribution is 2.34. The monoisotopic (exact) mass is 297 g/mol. The molecule has 0 aromatic heterocycles. The molecule has 2 rings (SSSR count). The van der Waals surface area contributed by atoms with Crippen molar-refractivity contribution in [3.63, 3.8) is 0 Å². The Hall–Kier alpha value is -1.79. The maximum atomic E-state index is 12.6. The maximum absolute atomic E-state index is 12.6. The minimum Gasteiger partial charge on any atom is -0.480 e. The predicted molar refractivity (Wildman–Crippen MR) is 75.7 cm³/mol. The average molecular weight is 297 g/mol. The summed E-state index contributed by atoms with van der Waals surface area (Å²) in [4.78, 5) is 39.0. The number of carbonyl (C=O) groups excluding carboxylic acids is 2. The molecule has 0 aliphatic carbocycles. The van der Waals surface area contributed by atoms with E-state index in [0.717, 1.165) is 0 Å². The summed E-state index contributed by atoms with van der Waals surface area (Å²) in [7, 11) is 1.58. The lowest BCUT2D eigenvalue weighted by atomic mass is 9.89. The lowest BCUT2D eigenvalue weighted by Gasteiger charge is -2.34. The molecule has 2 unspecified atom stereocenters. The number of likely N-dealkylation sites (tertiary alicyclic amines) is 2. The van der Waals surface area contributed by atoms with E-state index in [2.05, 4.69) is 5.32 Å². The third kappa shape index (κ3) is 2.45. The van der Waals surface area contributed by atoms with Gasteiger partial charge in [-0.3, -0.25) is 4.79 Å². The van der Waals surface area contributed by atoms with Gasteiger partial charge in [-0.15, -0.1) is 0 Å². The van der Waals surface area contributed by atoms with Crippen LogP contribution in [0.15, 0.2) is 0 Å². The van der Waals surface area contributed by atoms with Gasteiger partial charge >= 0.3 is 12.0 Å². The SMILES string of the molecule is CNC(=O)C1(C)CCN(C(=O)N2CCCC2(C)C(=O)O)C1. The summed E-state index contributed by atoms with van der Waals surface area (Å²) in [6, 6.07) is -0.273. The highest BCUT2D eigenvalue weighted by Gasteiger charge is 2.49. The van der Waals surface area contributed by atoms with Gasteiger partial charge in [-0.2, -0.15) is 0 Å². The summed E-state index contributed by atoms with van der Waals surface area (Å²) < 4.78 is 0. The number of nitrogens with one attached hydrogen (secondary N) is 1. The van der Waals surface area contributed by atoms with Crippen LogP contribution < -0.4 is 5.32 Å². The van der Waals surface area contributed by atoms with Crippen molar-refractivity contribution < 1.29 is 19.5 Å². The molecule has 2 aliphatic rings.